The second-order valence-electron chi connectivity index (χ2n) is 7.46. The summed E-state index contributed by atoms with van der Waals surface area (Å²) >= 11 is 0. The van der Waals surface area contributed by atoms with Gasteiger partial charge in [-0.2, -0.15) is 0 Å². The highest BCUT2D eigenvalue weighted by atomic mass is 32.2. The SMILES string of the molecule is CCCCS(=O)(=O)N1CCC(C(=O)N2CC(C)CC(C(=O)O)C2)CC1. The molecule has 2 atom stereocenters. The molecule has 0 aromatic rings. The van der Waals surface area contributed by atoms with Crippen molar-refractivity contribution in [3.05, 3.63) is 0 Å². The summed E-state index contributed by atoms with van der Waals surface area (Å²) in [4.78, 5) is 25.7. The van der Waals surface area contributed by atoms with E-state index < -0.39 is 21.9 Å². The van der Waals surface area contributed by atoms with Gasteiger partial charge < -0.3 is 10.0 Å². The van der Waals surface area contributed by atoms with Crippen molar-refractivity contribution in [1.29, 1.82) is 0 Å². The van der Waals surface area contributed by atoms with E-state index in [1.165, 1.54) is 4.31 Å². The van der Waals surface area contributed by atoms with E-state index in [1.54, 1.807) is 4.90 Å². The van der Waals surface area contributed by atoms with Crippen molar-refractivity contribution in [2.75, 3.05) is 31.9 Å². The summed E-state index contributed by atoms with van der Waals surface area (Å²) < 4.78 is 26.0. The van der Waals surface area contributed by atoms with Gasteiger partial charge in [-0.15, -0.1) is 0 Å². The molecule has 0 radical (unpaired) electrons. The van der Waals surface area contributed by atoms with Crippen LogP contribution < -0.4 is 0 Å². The van der Waals surface area contributed by atoms with E-state index >= 15 is 0 Å². The minimum absolute atomic E-state index is 0.0107. The Bertz CT molecular complexity index is 584. The van der Waals surface area contributed by atoms with Crippen LogP contribution in [0.4, 0.5) is 0 Å². The van der Waals surface area contributed by atoms with Crippen LogP contribution in [-0.4, -0.2) is 66.5 Å². The van der Waals surface area contributed by atoms with Gasteiger partial charge in [-0.3, -0.25) is 9.59 Å². The number of carbonyl (C=O) groups is 2. The molecule has 2 aliphatic rings. The molecule has 1 amide bonds. The second kappa shape index (κ2) is 8.49. The summed E-state index contributed by atoms with van der Waals surface area (Å²) in [6.45, 7) is 5.57. The summed E-state index contributed by atoms with van der Waals surface area (Å²) in [5.74, 6) is -1.20. The molecule has 0 aromatic heterocycles. The molecule has 144 valence electrons. The smallest absolute Gasteiger partial charge is 0.308 e. The molecule has 25 heavy (non-hydrogen) atoms. The number of carboxylic acids is 1. The van der Waals surface area contributed by atoms with E-state index in [0.717, 1.165) is 6.42 Å². The first kappa shape index (κ1) is 20.2. The second-order valence-corrected chi connectivity index (χ2v) is 9.55. The Hall–Kier alpha value is -1.15. The van der Waals surface area contributed by atoms with Crippen molar-refractivity contribution in [3.8, 4) is 0 Å². The van der Waals surface area contributed by atoms with Crippen molar-refractivity contribution in [1.82, 2.24) is 9.21 Å². The zero-order valence-corrected chi connectivity index (χ0v) is 16.0. The fourth-order valence-corrected chi connectivity index (χ4v) is 5.48. The first-order chi connectivity index (χ1) is 11.7. The molecule has 2 aliphatic heterocycles. The normalized spacial score (nSPS) is 26.6. The number of carbonyl (C=O) groups excluding carboxylic acids is 1. The summed E-state index contributed by atoms with van der Waals surface area (Å²) in [7, 11) is -3.22. The molecule has 8 heteroatoms. The van der Waals surface area contributed by atoms with Crippen LogP contribution in [0.3, 0.4) is 0 Å². The van der Waals surface area contributed by atoms with Crippen LogP contribution >= 0.6 is 0 Å². The minimum atomic E-state index is -3.22. The van der Waals surface area contributed by atoms with Crippen molar-refractivity contribution >= 4 is 21.9 Å². The third kappa shape index (κ3) is 5.17. The first-order valence-corrected chi connectivity index (χ1v) is 10.8. The molecular formula is C17H30N2O5S. The summed E-state index contributed by atoms with van der Waals surface area (Å²) in [5, 5.41) is 9.25. The lowest BCUT2D eigenvalue weighted by Gasteiger charge is -2.38. The van der Waals surface area contributed by atoms with Crippen LogP contribution in [0.15, 0.2) is 0 Å². The molecule has 7 nitrogen and oxygen atoms in total. The van der Waals surface area contributed by atoms with Gasteiger partial charge in [-0.25, -0.2) is 12.7 Å². The highest BCUT2D eigenvalue weighted by Gasteiger charge is 2.37. The maximum atomic E-state index is 12.8. The summed E-state index contributed by atoms with van der Waals surface area (Å²) in [5.41, 5.74) is 0. The number of aliphatic carboxylic acids is 1. The molecule has 0 bridgehead atoms. The van der Waals surface area contributed by atoms with E-state index in [4.69, 9.17) is 0 Å². The van der Waals surface area contributed by atoms with Gasteiger partial charge in [0.1, 0.15) is 0 Å². The zero-order chi connectivity index (χ0) is 18.6. The van der Waals surface area contributed by atoms with Crippen LogP contribution in [-0.2, 0) is 19.6 Å². The van der Waals surface area contributed by atoms with Gasteiger partial charge in [0.05, 0.1) is 11.7 Å². The number of amides is 1. The molecule has 2 saturated heterocycles. The highest BCUT2D eigenvalue weighted by Crippen LogP contribution is 2.27. The largest absolute Gasteiger partial charge is 0.481 e. The van der Waals surface area contributed by atoms with Crippen molar-refractivity contribution < 1.29 is 23.1 Å². The molecule has 0 aliphatic carbocycles. The first-order valence-electron chi connectivity index (χ1n) is 9.24. The van der Waals surface area contributed by atoms with Crippen molar-refractivity contribution in [2.45, 2.75) is 46.0 Å². The molecule has 2 unspecified atom stereocenters. The predicted octanol–water partition coefficient (Wildman–Crippen LogP) is 1.40. The Morgan fingerprint density at radius 2 is 1.76 bits per heavy atom. The van der Waals surface area contributed by atoms with Crippen LogP contribution in [0.2, 0.25) is 0 Å². The molecule has 2 heterocycles. The van der Waals surface area contributed by atoms with Gasteiger partial charge in [0.2, 0.25) is 15.9 Å². The fourth-order valence-electron chi connectivity index (χ4n) is 3.81. The third-order valence-electron chi connectivity index (χ3n) is 5.27. The Morgan fingerprint density at radius 1 is 1.12 bits per heavy atom. The van der Waals surface area contributed by atoms with Crippen LogP contribution in [0.5, 0.6) is 0 Å². The number of sulfonamides is 1. The lowest BCUT2D eigenvalue weighted by Crippen LogP contribution is -2.50. The number of carboxylic acid groups (broad SMARTS) is 1. The van der Waals surface area contributed by atoms with Gasteiger partial charge in [-0.1, -0.05) is 20.3 Å². The minimum Gasteiger partial charge on any atom is -0.481 e. The molecule has 0 saturated carbocycles. The van der Waals surface area contributed by atoms with Crippen molar-refractivity contribution in [2.24, 2.45) is 17.8 Å². The lowest BCUT2D eigenvalue weighted by molar-refractivity contribution is -0.148. The number of hydrogen-bond acceptors (Lipinski definition) is 4. The number of hydrogen-bond donors (Lipinski definition) is 1. The third-order valence-corrected chi connectivity index (χ3v) is 7.23. The van der Waals surface area contributed by atoms with E-state index in [2.05, 4.69) is 0 Å². The quantitative estimate of drug-likeness (QED) is 0.758. The van der Waals surface area contributed by atoms with Crippen LogP contribution in [0.25, 0.3) is 0 Å². The molecule has 1 N–H and O–H groups in total. The van der Waals surface area contributed by atoms with Gasteiger partial charge in [0.25, 0.3) is 0 Å². The van der Waals surface area contributed by atoms with E-state index in [0.29, 0.717) is 45.3 Å². The molecule has 0 aromatic carbocycles. The Labute approximate surface area is 150 Å². The lowest BCUT2D eigenvalue weighted by atomic mass is 9.88. The number of likely N-dealkylation sites (tertiary alicyclic amines) is 1. The van der Waals surface area contributed by atoms with Gasteiger partial charge in [0, 0.05) is 32.1 Å². The summed E-state index contributed by atoms with van der Waals surface area (Å²) in [6.07, 6.45) is 3.14. The Kier molecular flexibility index (Phi) is 6.85. The highest BCUT2D eigenvalue weighted by molar-refractivity contribution is 7.89. The molecule has 2 rings (SSSR count). The zero-order valence-electron chi connectivity index (χ0n) is 15.2. The van der Waals surface area contributed by atoms with Crippen molar-refractivity contribution in [3.63, 3.8) is 0 Å². The van der Waals surface area contributed by atoms with E-state index in [9.17, 15) is 23.1 Å². The Balaban J connectivity index is 1.91. The maximum absolute atomic E-state index is 12.8. The Morgan fingerprint density at radius 3 is 2.32 bits per heavy atom. The number of piperidine rings is 2. The van der Waals surface area contributed by atoms with Crippen LogP contribution in [0.1, 0.15) is 46.0 Å². The van der Waals surface area contributed by atoms with Crippen LogP contribution in [0, 0.1) is 17.8 Å². The van der Waals surface area contributed by atoms with Gasteiger partial charge in [0.15, 0.2) is 0 Å². The maximum Gasteiger partial charge on any atom is 0.308 e. The fraction of sp³-hybridized carbons (Fsp3) is 0.882. The number of unbranched alkanes of at least 4 members (excludes halogenated alkanes) is 1. The summed E-state index contributed by atoms with van der Waals surface area (Å²) in [6, 6.07) is 0. The number of rotatable bonds is 6. The average molecular weight is 375 g/mol. The van der Waals surface area contributed by atoms with Gasteiger partial charge >= 0.3 is 5.97 Å². The van der Waals surface area contributed by atoms with Gasteiger partial charge in [-0.05, 0) is 31.6 Å². The monoisotopic (exact) mass is 374 g/mol. The average Bonchev–Trinajstić information content (AvgIpc) is 2.59. The molecule has 2 fully saturated rings. The molecular weight excluding hydrogens is 344 g/mol. The van der Waals surface area contributed by atoms with E-state index in [1.807, 2.05) is 13.8 Å². The van der Waals surface area contributed by atoms with E-state index in [-0.39, 0.29) is 30.0 Å². The predicted molar refractivity (Wildman–Crippen MR) is 94.5 cm³/mol. The topological polar surface area (TPSA) is 95.0 Å². The number of nitrogens with zero attached hydrogens (tertiary/aromatic N) is 2. The molecule has 0 spiro atoms. The standard InChI is InChI=1S/C17H30N2O5S/c1-3-4-9-25(23,24)19-7-5-14(6-8-19)16(20)18-11-13(2)10-15(12-18)17(21)22/h13-15H,3-12H2,1-2H3,(H,21,22).